The van der Waals surface area contributed by atoms with Crippen molar-refractivity contribution >= 4 is 5.91 Å². The first-order chi connectivity index (χ1) is 10.4. The van der Waals surface area contributed by atoms with E-state index in [1.165, 1.54) is 0 Å². The standard InChI is InChI=1S/C16H27N3O3/c1-4-6-13-11-14(17-22-13)15(20)19-9-5-7-16(21,8-10-19)12-18(2)3/h11,21H,4-10,12H2,1-3H3/t16-/m1/s1. The third-order valence-corrected chi connectivity index (χ3v) is 4.09. The Bertz CT molecular complexity index is 501. The third kappa shape index (κ3) is 4.30. The molecule has 2 heterocycles. The highest BCUT2D eigenvalue weighted by Gasteiger charge is 2.32. The topological polar surface area (TPSA) is 69.8 Å². The number of aryl methyl sites for hydroxylation is 1. The SMILES string of the molecule is CCCc1cc(C(=O)N2CCC[C@](O)(CN(C)C)CC2)no1. The maximum atomic E-state index is 12.5. The van der Waals surface area contributed by atoms with Gasteiger partial charge in [0.15, 0.2) is 5.69 Å². The normalized spacial score (nSPS) is 22.9. The Morgan fingerprint density at radius 1 is 1.45 bits per heavy atom. The molecule has 1 amide bonds. The summed E-state index contributed by atoms with van der Waals surface area (Å²) in [6.07, 6.45) is 3.87. The second kappa shape index (κ2) is 7.24. The Labute approximate surface area is 132 Å². The van der Waals surface area contributed by atoms with Crippen molar-refractivity contribution in [1.82, 2.24) is 15.0 Å². The highest BCUT2D eigenvalue weighted by atomic mass is 16.5. The molecular weight excluding hydrogens is 282 g/mol. The highest BCUT2D eigenvalue weighted by Crippen LogP contribution is 2.24. The molecule has 1 saturated heterocycles. The van der Waals surface area contributed by atoms with Gasteiger partial charge in [-0.1, -0.05) is 12.1 Å². The highest BCUT2D eigenvalue weighted by molar-refractivity contribution is 5.92. The van der Waals surface area contributed by atoms with Crippen LogP contribution in [0, 0.1) is 0 Å². The lowest BCUT2D eigenvalue weighted by Crippen LogP contribution is -2.41. The van der Waals surface area contributed by atoms with E-state index in [9.17, 15) is 9.90 Å². The Kier molecular flexibility index (Phi) is 5.58. The van der Waals surface area contributed by atoms with Crippen LogP contribution in [0.25, 0.3) is 0 Å². The first-order valence-electron chi connectivity index (χ1n) is 8.05. The predicted octanol–water partition coefficient (Wildman–Crippen LogP) is 1.55. The zero-order valence-corrected chi connectivity index (χ0v) is 13.8. The number of aromatic nitrogens is 1. The number of hydrogen-bond donors (Lipinski definition) is 1. The minimum Gasteiger partial charge on any atom is -0.388 e. The van der Waals surface area contributed by atoms with Crippen LogP contribution in [0.2, 0.25) is 0 Å². The van der Waals surface area contributed by atoms with Crippen LogP contribution >= 0.6 is 0 Å². The van der Waals surface area contributed by atoms with Crippen molar-refractivity contribution in [2.24, 2.45) is 0 Å². The van der Waals surface area contributed by atoms with Crippen molar-refractivity contribution < 1.29 is 14.4 Å². The fraction of sp³-hybridized carbons (Fsp3) is 0.750. The summed E-state index contributed by atoms with van der Waals surface area (Å²) < 4.78 is 5.19. The second-order valence-electron chi connectivity index (χ2n) is 6.54. The van der Waals surface area contributed by atoms with Crippen molar-refractivity contribution in [3.8, 4) is 0 Å². The molecule has 1 aliphatic heterocycles. The molecule has 22 heavy (non-hydrogen) atoms. The van der Waals surface area contributed by atoms with E-state index in [0.29, 0.717) is 31.7 Å². The Morgan fingerprint density at radius 2 is 2.23 bits per heavy atom. The first kappa shape index (κ1) is 17.0. The molecule has 124 valence electrons. The average Bonchev–Trinajstić information content (AvgIpc) is 2.81. The third-order valence-electron chi connectivity index (χ3n) is 4.09. The monoisotopic (exact) mass is 309 g/mol. The molecule has 0 aromatic carbocycles. The summed E-state index contributed by atoms with van der Waals surface area (Å²) in [6, 6.07) is 1.74. The zero-order chi connectivity index (χ0) is 16.2. The van der Waals surface area contributed by atoms with Crippen LogP contribution in [-0.2, 0) is 6.42 Å². The molecule has 1 atom stereocenters. The second-order valence-corrected chi connectivity index (χ2v) is 6.54. The van der Waals surface area contributed by atoms with Gasteiger partial charge in [0.1, 0.15) is 5.76 Å². The van der Waals surface area contributed by atoms with E-state index < -0.39 is 5.60 Å². The van der Waals surface area contributed by atoms with Crippen molar-refractivity contribution in [1.29, 1.82) is 0 Å². The van der Waals surface area contributed by atoms with Crippen LogP contribution in [0.1, 0.15) is 48.9 Å². The van der Waals surface area contributed by atoms with Gasteiger partial charge in [0, 0.05) is 32.1 Å². The maximum absolute atomic E-state index is 12.5. The van der Waals surface area contributed by atoms with Gasteiger partial charge in [-0.3, -0.25) is 4.79 Å². The van der Waals surface area contributed by atoms with Gasteiger partial charge in [-0.05, 0) is 39.8 Å². The molecule has 0 aliphatic carbocycles. The smallest absolute Gasteiger partial charge is 0.276 e. The minimum absolute atomic E-state index is 0.0970. The molecule has 6 nitrogen and oxygen atoms in total. The summed E-state index contributed by atoms with van der Waals surface area (Å²) in [7, 11) is 3.91. The molecule has 1 aliphatic rings. The molecule has 1 N–H and O–H groups in total. The molecule has 1 fully saturated rings. The minimum atomic E-state index is -0.713. The zero-order valence-electron chi connectivity index (χ0n) is 13.8. The van der Waals surface area contributed by atoms with Gasteiger partial charge in [0.05, 0.1) is 5.60 Å². The number of hydrogen-bond acceptors (Lipinski definition) is 5. The summed E-state index contributed by atoms with van der Waals surface area (Å²) >= 11 is 0. The summed E-state index contributed by atoms with van der Waals surface area (Å²) in [4.78, 5) is 16.3. The van der Waals surface area contributed by atoms with Crippen LogP contribution in [-0.4, -0.2) is 65.3 Å². The molecule has 0 saturated carbocycles. The lowest BCUT2D eigenvalue weighted by molar-refractivity contribution is 0.00303. The van der Waals surface area contributed by atoms with E-state index in [0.717, 1.165) is 31.4 Å². The number of likely N-dealkylation sites (N-methyl/N-ethyl adjacent to an activating group) is 1. The van der Waals surface area contributed by atoms with Gasteiger partial charge in [0.25, 0.3) is 5.91 Å². The van der Waals surface area contributed by atoms with Gasteiger partial charge in [-0.25, -0.2) is 0 Å². The first-order valence-corrected chi connectivity index (χ1v) is 8.05. The van der Waals surface area contributed by atoms with Crippen LogP contribution in [0.3, 0.4) is 0 Å². The number of aliphatic hydroxyl groups is 1. The molecular formula is C16H27N3O3. The fourth-order valence-electron chi connectivity index (χ4n) is 3.07. The average molecular weight is 309 g/mol. The molecule has 1 aromatic heterocycles. The van der Waals surface area contributed by atoms with E-state index in [4.69, 9.17) is 4.52 Å². The van der Waals surface area contributed by atoms with Gasteiger partial charge < -0.3 is 19.4 Å². The summed E-state index contributed by atoms with van der Waals surface area (Å²) in [5.41, 5.74) is -0.336. The number of rotatable bonds is 5. The molecule has 0 bridgehead atoms. The summed E-state index contributed by atoms with van der Waals surface area (Å²) in [6.45, 7) is 3.90. The molecule has 0 spiro atoms. The lowest BCUT2D eigenvalue weighted by atomic mass is 9.94. The summed E-state index contributed by atoms with van der Waals surface area (Å²) in [5.74, 6) is 0.657. The molecule has 0 unspecified atom stereocenters. The lowest BCUT2D eigenvalue weighted by Gasteiger charge is -2.29. The summed E-state index contributed by atoms with van der Waals surface area (Å²) in [5, 5.41) is 14.5. The number of amides is 1. The van der Waals surface area contributed by atoms with E-state index in [2.05, 4.69) is 12.1 Å². The number of carbonyl (C=O) groups is 1. The molecule has 1 aromatic rings. The Hall–Kier alpha value is -1.40. The van der Waals surface area contributed by atoms with Crippen LogP contribution in [0.4, 0.5) is 0 Å². The number of likely N-dealkylation sites (tertiary alicyclic amines) is 1. The molecule has 2 rings (SSSR count). The van der Waals surface area contributed by atoms with E-state index in [-0.39, 0.29) is 5.91 Å². The van der Waals surface area contributed by atoms with E-state index >= 15 is 0 Å². The Morgan fingerprint density at radius 3 is 2.91 bits per heavy atom. The van der Waals surface area contributed by atoms with E-state index in [1.54, 1.807) is 11.0 Å². The maximum Gasteiger partial charge on any atom is 0.276 e. The van der Waals surface area contributed by atoms with Crippen molar-refractivity contribution in [2.45, 2.75) is 44.6 Å². The van der Waals surface area contributed by atoms with E-state index in [1.807, 2.05) is 19.0 Å². The number of carbonyl (C=O) groups excluding carboxylic acids is 1. The van der Waals surface area contributed by atoms with Gasteiger partial charge >= 0.3 is 0 Å². The molecule has 0 radical (unpaired) electrons. The number of nitrogens with zero attached hydrogens (tertiary/aromatic N) is 3. The van der Waals surface area contributed by atoms with Gasteiger partial charge in [-0.15, -0.1) is 0 Å². The largest absolute Gasteiger partial charge is 0.388 e. The predicted molar refractivity (Wildman–Crippen MR) is 83.8 cm³/mol. The van der Waals surface area contributed by atoms with Crippen molar-refractivity contribution in [3.63, 3.8) is 0 Å². The van der Waals surface area contributed by atoms with Crippen molar-refractivity contribution in [3.05, 3.63) is 17.5 Å². The fourth-order valence-corrected chi connectivity index (χ4v) is 3.07. The molecule has 6 heteroatoms. The van der Waals surface area contributed by atoms with Gasteiger partial charge in [0.2, 0.25) is 0 Å². The van der Waals surface area contributed by atoms with Crippen molar-refractivity contribution in [2.75, 3.05) is 33.7 Å². The van der Waals surface area contributed by atoms with Crippen LogP contribution in [0.15, 0.2) is 10.6 Å². The Balaban J connectivity index is 1.99. The van der Waals surface area contributed by atoms with Gasteiger partial charge in [-0.2, -0.15) is 0 Å². The van der Waals surface area contributed by atoms with Crippen LogP contribution < -0.4 is 0 Å². The van der Waals surface area contributed by atoms with Crippen LogP contribution in [0.5, 0.6) is 0 Å². The quantitative estimate of drug-likeness (QED) is 0.893.